The van der Waals surface area contributed by atoms with Crippen LogP contribution < -0.4 is 4.74 Å². The van der Waals surface area contributed by atoms with E-state index in [-0.39, 0.29) is 17.5 Å². The Kier molecular flexibility index (Phi) is 3.57. The van der Waals surface area contributed by atoms with E-state index in [1.54, 1.807) is 0 Å². The summed E-state index contributed by atoms with van der Waals surface area (Å²) in [5, 5.41) is 0. The zero-order chi connectivity index (χ0) is 16.7. The SMILES string of the molecule is COc1ccc(C2CCCc3ccccc32)c2c1C(=O)C=CC2=O. The van der Waals surface area contributed by atoms with Gasteiger partial charge in [0.2, 0.25) is 0 Å². The fourth-order valence-electron chi connectivity index (χ4n) is 3.97. The van der Waals surface area contributed by atoms with E-state index in [2.05, 4.69) is 18.2 Å². The fourth-order valence-corrected chi connectivity index (χ4v) is 3.97. The van der Waals surface area contributed by atoms with Crippen molar-refractivity contribution in [2.24, 2.45) is 0 Å². The van der Waals surface area contributed by atoms with Crippen LogP contribution >= 0.6 is 0 Å². The summed E-state index contributed by atoms with van der Waals surface area (Å²) in [7, 11) is 1.53. The maximum Gasteiger partial charge on any atom is 0.190 e. The van der Waals surface area contributed by atoms with Crippen LogP contribution in [0.3, 0.4) is 0 Å². The van der Waals surface area contributed by atoms with E-state index < -0.39 is 0 Å². The van der Waals surface area contributed by atoms with Crippen LogP contribution in [0.15, 0.2) is 48.6 Å². The molecule has 0 aromatic heterocycles. The molecular formula is C21H18O3. The Morgan fingerprint density at radius 2 is 1.67 bits per heavy atom. The number of aryl methyl sites for hydroxylation is 1. The van der Waals surface area contributed by atoms with E-state index in [4.69, 9.17) is 4.74 Å². The van der Waals surface area contributed by atoms with Crippen molar-refractivity contribution in [3.8, 4) is 5.75 Å². The first kappa shape index (κ1) is 14.9. The van der Waals surface area contributed by atoms with E-state index >= 15 is 0 Å². The third kappa shape index (κ3) is 2.20. The van der Waals surface area contributed by atoms with Crippen molar-refractivity contribution in [2.75, 3.05) is 7.11 Å². The van der Waals surface area contributed by atoms with E-state index in [0.29, 0.717) is 16.9 Å². The highest BCUT2D eigenvalue weighted by atomic mass is 16.5. The summed E-state index contributed by atoms with van der Waals surface area (Å²) in [5.41, 5.74) is 4.48. The molecule has 24 heavy (non-hydrogen) atoms. The Balaban J connectivity index is 1.95. The van der Waals surface area contributed by atoms with Gasteiger partial charge in [0.25, 0.3) is 0 Å². The van der Waals surface area contributed by atoms with Crippen LogP contribution in [-0.2, 0) is 6.42 Å². The number of hydrogen-bond donors (Lipinski definition) is 0. The fraction of sp³-hybridized carbons (Fsp3) is 0.238. The molecule has 120 valence electrons. The lowest BCUT2D eigenvalue weighted by molar-refractivity contribution is 0.0990. The molecule has 1 atom stereocenters. The summed E-state index contributed by atoms with van der Waals surface area (Å²) >= 11 is 0. The molecule has 0 saturated carbocycles. The summed E-state index contributed by atoms with van der Waals surface area (Å²) in [4.78, 5) is 25.0. The van der Waals surface area contributed by atoms with Gasteiger partial charge in [0.05, 0.1) is 12.7 Å². The van der Waals surface area contributed by atoms with Crippen LogP contribution in [0.25, 0.3) is 0 Å². The zero-order valence-electron chi connectivity index (χ0n) is 13.5. The molecule has 2 aromatic carbocycles. The van der Waals surface area contributed by atoms with Crippen molar-refractivity contribution in [2.45, 2.75) is 25.2 Å². The molecule has 0 fully saturated rings. The molecule has 1 unspecified atom stereocenters. The van der Waals surface area contributed by atoms with Crippen LogP contribution in [0.2, 0.25) is 0 Å². The van der Waals surface area contributed by atoms with Gasteiger partial charge in [-0.15, -0.1) is 0 Å². The topological polar surface area (TPSA) is 43.4 Å². The molecule has 0 saturated heterocycles. The number of carbonyl (C=O) groups is 2. The van der Waals surface area contributed by atoms with Gasteiger partial charge in [-0.3, -0.25) is 9.59 Å². The molecule has 3 nitrogen and oxygen atoms in total. The van der Waals surface area contributed by atoms with Crippen LogP contribution in [0.5, 0.6) is 5.75 Å². The number of methoxy groups -OCH3 is 1. The number of rotatable bonds is 2. The first-order valence-electron chi connectivity index (χ1n) is 8.26. The lowest BCUT2D eigenvalue weighted by Gasteiger charge is -2.28. The average molecular weight is 318 g/mol. The van der Waals surface area contributed by atoms with Crippen LogP contribution in [0, 0.1) is 0 Å². The quantitative estimate of drug-likeness (QED) is 0.837. The minimum absolute atomic E-state index is 0.110. The highest BCUT2D eigenvalue weighted by Crippen LogP contribution is 2.41. The monoisotopic (exact) mass is 318 g/mol. The molecule has 0 N–H and O–H groups in total. The van der Waals surface area contributed by atoms with Gasteiger partial charge in [0.1, 0.15) is 5.75 Å². The van der Waals surface area contributed by atoms with Crippen LogP contribution in [0.4, 0.5) is 0 Å². The molecule has 0 radical (unpaired) electrons. The maximum absolute atomic E-state index is 12.6. The number of carbonyl (C=O) groups excluding carboxylic acids is 2. The van der Waals surface area contributed by atoms with Crippen LogP contribution in [-0.4, -0.2) is 18.7 Å². The Bertz CT molecular complexity index is 877. The first-order chi connectivity index (χ1) is 11.7. The second-order valence-electron chi connectivity index (χ2n) is 6.31. The highest BCUT2D eigenvalue weighted by molar-refractivity contribution is 6.23. The number of ketones is 2. The first-order valence-corrected chi connectivity index (χ1v) is 8.26. The minimum atomic E-state index is -0.160. The van der Waals surface area contributed by atoms with Gasteiger partial charge in [0.15, 0.2) is 11.6 Å². The highest BCUT2D eigenvalue weighted by Gasteiger charge is 2.31. The summed E-state index contributed by atoms with van der Waals surface area (Å²) in [6.45, 7) is 0. The maximum atomic E-state index is 12.6. The molecule has 2 aliphatic rings. The largest absolute Gasteiger partial charge is 0.496 e. The summed E-state index contributed by atoms with van der Waals surface area (Å²) in [5.74, 6) is 0.354. The zero-order valence-corrected chi connectivity index (χ0v) is 13.5. The van der Waals surface area contributed by atoms with Crippen LogP contribution in [0.1, 0.15) is 56.2 Å². The number of benzene rings is 2. The molecule has 4 rings (SSSR count). The smallest absolute Gasteiger partial charge is 0.190 e. The van der Waals surface area contributed by atoms with Gasteiger partial charge in [-0.2, -0.15) is 0 Å². The van der Waals surface area contributed by atoms with Gasteiger partial charge in [0, 0.05) is 11.5 Å². The van der Waals surface area contributed by atoms with Gasteiger partial charge >= 0.3 is 0 Å². The standard InChI is InChI=1S/C21H18O3/c1-24-19-12-9-16(20-17(22)10-11-18(23)21(19)20)15-8-4-6-13-5-2-3-7-14(13)15/h2-3,5,7,9-12,15H,4,6,8H2,1H3. The van der Waals surface area contributed by atoms with Gasteiger partial charge in [-0.05, 0) is 54.2 Å². The van der Waals surface area contributed by atoms with Gasteiger partial charge < -0.3 is 4.74 Å². The van der Waals surface area contributed by atoms with E-state index in [1.807, 2.05) is 18.2 Å². The number of fused-ring (bicyclic) bond motifs is 2. The lowest BCUT2D eigenvalue weighted by Crippen LogP contribution is -2.20. The van der Waals surface area contributed by atoms with Gasteiger partial charge in [-0.1, -0.05) is 30.3 Å². The number of hydrogen-bond acceptors (Lipinski definition) is 3. The Morgan fingerprint density at radius 3 is 2.46 bits per heavy atom. The molecule has 0 amide bonds. The second kappa shape index (κ2) is 5.75. The van der Waals surface area contributed by atoms with E-state index in [9.17, 15) is 9.59 Å². The number of allylic oxidation sites excluding steroid dienone is 2. The van der Waals surface area contributed by atoms with Crippen molar-refractivity contribution in [3.05, 3.63) is 76.4 Å². The van der Waals surface area contributed by atoms with E-state index in [0.717, 1.165) is 24.8 Å². The third-order valence-corrected chi connectivity index (χ3v) is 5.04. The lowest BCUT2D eigenvalue weighted by atomic mass is 9.75. The number of ether oxygens (including phenoxy) is 1. The van der Waals surface area contributed by atoms with Crippen molar-refractivity contribution in [3.63, 3.8) is 0 Å². The second-order valence-corrected chi connectivity index (χ2v) is 6.31. The van der Waals surface area contributed by atoms with Crippen molar-refractivity contribution in [1.82, 2.24) is 0 Å². The molecule has 2 aliphatic carbocycles. The molecule has 0 spiro atoms. The summed E-state index contributed by atoms with van der Waals surface area (Å²) in [6.07, 6.45) is 5.85. The third-order valence-electron chi connectivity index (χ3n) is 5.04. The normalized spacial score (nSPS) is 19.0. The Hall–Kier alpha value is -2.68. The Morgan fingerprint density at radius 1 is 0.917 bits per heavy atom. The molecule has 0 aliphatic heterocycles. The van der Waals surface area contributed by atoms with E-state index in [1.165, 1.54) is 30.4 Å². The minimum Gasteiger partial charge on any atom is -0.496 e. The molecule has 2 aromatic rings. The van der Waals surface area contributed by atoms with Gasteiger partial charge in [-0.25, -0.2) is 0 Å². The summed E-state index contributed by atoms with van der Waals surface area (Å²) in [6, 6.07) is 12.2. The van der Waals surface area contributed by atoms with Crippen molar-refractivity contribution < 1.29 is 14.3 Å². The Labute approximate surface area is 141 Å². The predicted octanol–water partition coefficient (Wildman–Crippen LogP) is 4.10. The molecule has 0 bridgehead atoms. The summed E-state index contributed by atoms with van der Waals surface area (Å²) < 4.78 is 5.34. The average Bonchev–Trinajstić information content (AvgIpc) is 2.63. The molecule has 0 heterocycles. The van der Waals surface area contributed by atoms with Crippen molar-refractivity contribution >= 4 is 11.6 Å². The van der Waals surface area contributed by atoms with Crippen molar-refractivity contribution in [1.29, 1.82) is 0 Å². The molecule has 3 heteroatoms. The predicted molar refractivity (Wildman–Crippen MR) is 92.0 cm³/mol. The molecular weight excluding hydrogens is 300 g/mol.